The molecule has 1 unspecified atom stereocenters. The number of amides is 1. The number of nitrogens with zero attached hydrogens (tertiary/aromatic N) is 2. The minimum atomic E-state index is -0.0907. The third-order valence-corrected chi connectivity index (χ3v) is 7.65. The van der Waals surface area contributed by atoms with Gasteiger partial charge in [-0.2, -0.15) is 0 Å². The lowest BCUT2D eigenvalue weighted by Gasteiger charge is -2.15. The zero-order valence-electron chi connectivity index (χ0n) is 17.5. The van der Waals surface area contributed by atoms with Gasteiger partial charge in [0.05, 0.1) is 23.9 Å². The van der Waals surface area contributed by atoms with Crippen LogP contribution in [0.15, 0.2) is 64.5 Å². The summed E-state index contributed by atoms with van der Waals surface area (Å²) in [6.45, 7) is 1.66. The molecule has 0 saturated carbocycles. The summed E-state index contributed by atoms with van der Waals surface area (Å²) in [5, 5.41) is 4.48. The number of thioether (sulfide) groups is 1. The fourth-order valence-electron chi connectivity index (χ4n) is 3.89. The molecule has 1 saturated heterocycles. The molecule has 32 heavy (non-hydrogen) atoms. The minimum absolute atomic E-state index is 0.00702. The highest BCUT2D eigenvalue weighted by Gasteiger charge is 2.22. The van der Waals surface area contributed by atoms with Crippen molar-refractivity contribution in [1.29, 1.82) is 0 Å². The Kier molecular flexibility index (Phi) is 6.25. The molecule has 0 bridgehead atoms. The Morgan fingerprint density at radius 1 is 1.19 bits per heavy atom. The van der Waals surface area contributed by atoms with E-state index in [0.717, 1.165) is 35.1 Å². The first-order chi connectivity index (χ1) is 15.7. The van der Waals surface area contributed by atoms with Gasteiger partial charge in [-0.05, 0) is 24.5 Å². The summed E-state index contributed by atoms with van der Waals surface area (Å²) < 4.78 is 9.17. The van der Waals surface area contributed by atoms with Crippen LogP contribution in [0.25, 0.3) is 20.3 Å². The van der Waals surface area contributed by atoms with Gasteiger partial charge in [0.25, 0.3) is 5.56 Å². The van der Waals surface area contributed by atoms with Crippen LogP contribution in [0.5, 0.6) is 0 Å². The predicted molar refractivity (Wildman–Crippen MR) is 129 cm³/mol. The molecule has 5 rings (SSSR count). The first kappa shape index (κ1) is 21.2. The maximum absolute atomic E-state index is 13.4. The van der Waals surface area contributed by atoms with Gasteiger partial charge < -0.3 is 10.1 Å². The van der Waals surface area contributed by atoms with E-state index < -0.39 is 0 Å². The molecule has 1 amide bonds. The second-order valence-electron chi connectivity index (χ2n) is 7.77. The van der Waals surface area contributed by atoms with Crippen molar-refractivity contribution < 1.29 is 9.53 Å². The van der Waals surface area contributed by atoms with Crippen LogP contribution in [0, 0.1) is 0 Å². The summed E-state index contributed by atoms with van der Waals surface area (Å²) in [6, 6.07) is 17.7. The highest BCUT2D eigenvalue weighted by molar-refractivity contribution is 7.99. The van der Waals surface area contributed by atoms with E-state index in [1.54, 1.807) is 4.57 Å². The summed E-state index contributed by atoms with van der Waals surface area (Å²) in [6.07, 6.45) is 1.94. The number of carbonyl (C=O) groups is 1. The smallest absolute Gasteiger partial charge is 0.272 e. The van der Waals surface area contributed by atoms with E-state index in [2.05, 4.69) is 5.32 Å². The molecule has 1 atom stereocenters. The van der Waals surface area contributed by atoms with Gasteiger partial charge in [0, 0.05) is 23.2 Å². The quantitative estimate of drug-likeness (QED) is 0.327. The topological polar surface area (TPSA) is 73.2 Å². The third kappa shape index (κ3) is 4.44. The molecule has 1 aliphatic rings. The molecule has 1 aliphatic heterocycles. The van der Waals surface area contributed by atoms with Crippen LogP contribution >= 0.6 is 23.1 Å². The molecule has 164 valence electrons. The summed E-state index contributed by atoms with van der Waals surface area (Å²) in [7, 11) is 0. The molecule has 1 N–H and O–H groups in total. The van der Waals surface area contributed by atoms with E-state index in [-0.39, 0.29) is 23.3 Å². The second-order valence-corrected chi connectivity index (χ2v) is 9.77. The number of hydrogen-bond acceptors (Lipinski definition) is 6. The number of carbonyl (C=O) groups excluding carboxylic acids is 1. The van der Waals surface area contributed by atoms with Crippen molar-refractivity contribution in [1.82, 2.24) is 14.9 Å². The molecule has 0 spiro atoms. The molecule has 6 nitrogen and oxygen atoms in total. The van der Waals surface area contributed by atoms with Gasteiger partial charge in [-0.25, -0.2) is 4.98 Å². The molecule has 4 aromatic rings. The van der Waals surface area contributed by atoms with Crippen LogP contribution in [0.2, 0.25) is 0 Å². The Bertz CT molecular complexity index is 1310. The zero-order valence-corrected chi connectivity index (χ0v) is 19.1. The molecular formula is C24H23N3O3S2. The summed E-state index contributed by atoms with van der Waals surface area (Å²) >= 11 is 2.78. The molecule has 0 aliphatic carbocycles. The Labute approximate surface area is 193 Å². The normalized spacial score (nSPS) is 16.1. The van der Waals surface area contributed by atoms with Crippen molar-refractivity contribution in [3.8, 4) is 0 Å². The molecule has 0 radical (unpaired) electrons. The van der Waals surface area contributed by atoms with Gasteiger partial charge in [0.1, 0.15) is 4.70 Å². The Balaban J connectivity index is 1.42. The Morgan fingerprint density at radius 2 is 2.00 bits per heavy atom. The van der Waals surface area contributed by atoms with Crippen molar-refractivity contribution in [2.75, 3.05) is 12.4 Å². The predicted octanol–water partition coefficient (Wildman–Crippen LogP) is 4.20. The van der Waals surface area contributed by atoms with Crippen LogP contribution in [0.3, 0.4) is 0 Å². The van der Waals surface area contributed by atoms with Crippen LogP contribution in [-0.4, -0.2) is 33.9 Å². The molecule has 2 aromatic carbocycles. The van der Waals surface area contributed by atoms with Gasteiger partial charge in [-0.15, -0.1) is 11.3 Å². The van der Waals surface area contributed by atoms with E-state index in [0.29, 0.717) is 28.5 Å². The average molecular weight is 466 g/mol. The number of fused-ring (bicyclic) bond motifs is 3. The van der Waals surface area contributed by atoms with Crippen molar-refractivity contribution in [2.45, 2.75) is 37.2 Å². The number of thiophene rings is 1. The van der Waals surface area contributed by atoms with Crippen LogP contribution in [0.4, 0.5) is 0 Å². The Hall–Kier alpha value is -2.68. The number of ether oxygens (including phenoxy) is 1. The van der Waals surface area contributed by atoms with Crippen molar-refractivity contribution in [2.24, 2.45) is 0 Å². The fraction of sp³-hybridized carbons (Fsp3) is 0.292. The average Bonchev–Trinajstić information content (AvgIpc) is 3.47. The van der Waals surface area contributed by atoms with Gasteiger partial charge in [-0.3, -0.25) is 14.2 Å². The number of nitrogens with one attached hydrogen (secondary N) is 1. The molecule has 8 heteroatoms. The monoisotopic (exact) mass is 465 g/mol. The van der Waals surface area contributed by atoms with Crippen LogP contribution in [-0.2, 0) is 22.6 Å². The number of hydrogen-bond donors (Lipinski definition) is 1. The van der Waals surface area contributed by atoms with Crippen molar-refractivity contribution >= 4 is 49.3 Å². The maximum Gasteiger partial charge on any atom is 0.272 e. The standard InChI is InChI=1S/C24H23N3O3S2/c28-20(25-13-16-7-2-1-3-8-16)15-31-24-26-21-18-10-4-5-11-19(18)32-22(21)23(29)27(24)14-17-9-6-12-30-17/h1-5,7-8,10-11,17H,6,9,12-15H2,(H,25,28). The molecule has 2 aromatic heterocycles. The van der Waals surface area contributed by atoms with Crippen LogP contribution in [0.1, 0.15) is 18.4 Å². The molecule has 3 heterocycles. The maximum atomic E-state index is 13.4. The summed E-state index contributed by atoms with van der Waals surface area (Å²) in [5.74, 6) is 0.102. The summed E-state index contributed by atoms with van der Waals surface area (Å²) in [5.41, 5.74) is 1.70. The van der Waals surface area contributed by atoms with E-state index in [1.165, 1.54) is 23.1 Å². The Morgan fingerprint density at radius 3 is 2.81 bits per heavy atom. The third-order valence-electron chi connectivity index (χ3n) is 5.52. The lowest BCUT2D eigenvalue weighted by Crippen LogP contribution is -2.29. The van der Waals surface area contributed by atoms with E-state index >= 15 is 0 Å². The first-order valence-electron chi connectivity index (χ1n) is 10.7. The van der Waals surface area contributed by atoms with Crippen molar-refractivity contribution in [3.63, 3.8) is 0 Å². The van der Waals surface area contributed by atoms with Gasteiger partial charge in [-0.1, -0.05) is 60.3 Å². The zero-order chi connectivity index (χ0) is 21.9. The fourth-order valence-corrected chi connectivity index (χ4v) is 5.82. The first-order valence-corrected chi connectivity index (χ1v) is 12.5. The largest absolute Gasteiger partial charge is 0.376 e. The highest BCUT2D eigenvalue weighted by Crippen LogP contribution is 2.32. The van der Waals surface area contributed by atoms with E-state index in [4.69, 9.17) is 9.72 Å². The molecule has 1 fully saturated rings. The number of benzene rings is 2. The van der Waals surface area contributed by atoms with Crippen LogP contribution < -0.4 is 10.9 Å². The molecular weight excluding hydrogens is 442 g/mol. The van der Waals surface area contributed by atoms with E-state index in [1.807, 2.05) is 54.6 Å². The highest BCUT2D eigenvalue weighted by atomic mass is 32.2. The van der Waals surface area contributed by atoms with Gasteiger partial charge >= 0.3 is 0 Å². The van der Waals surface area contributed by atoms with Gasteiger partial charge in [0.15, 0.2) is 5.16 Å². The van der Waals surface area contributed by atoms with E-state index in [9.17, 15) is 9.59 Å². The SMILES string of the molecule is O=C(CSc1nc2c(sc3ccccc32)c(=O)n1CC1CCCO1)NCc1ccccc1. The second kappa shape index (κ2) is 9.44. The number of rotatable bonds is 7. The number of aromatic nitrogens is 2. The summed E-state index contributed by atoms with van der Waals surface area (Å²) in [4.78, 5) is 30.8. The lowest BCUT2D eigenvalue weighted by molar-refractivity contribution is -0.118. The lowest BCUT2D eigenvalue weighted by atomic mass is 10.2. The van der Waals surface area contributed by atoms with Crippen molar-refractivity contribution in [3.05, 3.63) is 70.5 Å². The van der Waals surface area contributed by atoms with Gasteiger partial charge in [0.2, 0.25) is 5.91 Å². The minimum Gasteiger partial charge on any atom is -0.376 e.